The van der Waals surface area contributed by atoms with Crippen LogP contribution in [0.5, 0.6) is 0 Å². The van der Waals surface area contributed by atoms with E-state index in [1.54, 1.807) is 6.08 Å². The third kappa shape index (κ3) is 34.3. The first-order chi connectivity index (χ1) is 22.2. The molecule has 3 N–H and O–H groups in total. The topological polar surface area (TPSA) is 69.6 Å². The number of carbonyl (C=O) groups is 1. The van der Waals surface area contributed by atoms with Crippen LogP contribution in [0.1, 0.15) is 226 Å². The van der Waals surface area contributed by atoms with Crippen molar-refractivity contribution < 1.29 is 15.0 Å². The van der Waals surface area contributed by atoms with Gasteiger partial charge < -0.3 is 15.5 Å². The zero-order valence-corrected chi connectivity index (χ0v) is 30.7. The molecule has 0 radical (unpaired) electrons. The fourth-order valence-corrected chi connectivity index (χ4v) is 6.35. The Morgan fingerprint density at radius 2 is 0.822 bits per heavy atom. The van der Waals surface area contributed by atoms with E-state index in [1.807, 2.05) is 6.08 Å². The van der Waals surface area contributed by atoms with E-state index in [0.29, 0.717) is 6.42 Å². The maximum Gasteiger partial charge on any atom is 0.220 e. The molecule has 0 saturated carbocycles. The van der Waals surface area contributed by atoms with Crippen molar-refractivity contribution in [1.82, 2.24) is 5.32 Å². The van der Waals surface area contributed by atoms with E-state index in [1.165, 1.54) is 180 Å². The Kier molecular flexibility index (Phi) is 36.9. The Labute approximate surface area is 282 Å². The largest absolute Gasteiger partial charge is 0.394 e. The summed E-state index contributed by atoms with van der Waals surface area (Å²) < 4.78 is 0. The van der Waals surface area contributed by atoms with Crippen LogP contribution in [0, 0.1) is 0 Å². The van der Waals surface area contributed by atoms with Gasteiger partial charge in [-0.25, -0.2) is 0 Å². The Hall–Kier alpha value is -0.870. The predicted octanol–water partition coefficient (Wildman–Crippen LogP) is 12.3. The lowest BCUT2D eigenvalue weighted by Gasteiger charge is -2.20. The SMILES string of the molecule is CCCCCCCCC/C=C/[C@@H](O)[C@H](CO)NC(=O)CCCCCCCCCCCCCCCCCCCCCCCCCC. The van der Waals surface area contributed by atoms with Gasteiger partial charge in [-0.15, -0.1) is 0 Å². The Morgan fingerprint density at radius 3 is 1.16 bits per heavy atom. The van der Waals surface area contributed by atoms with E-state index in [2.05, 4.69) is 19.2 Å². The molecule has 0 rings (SSSR count). The molecule has 0 aliphatic heterocycles. The summed E-state index contributed by atoms with van der Waals surface area (Å²) in [6.45, 7) is 4.29. The molecule has 4 heteroatoms. The predicted molar refractivity (Wildman–Crippen MR) is 198 cm³/mol. The molecule has 0 saturated heterocycles. The number of carbonyl (C=O) groups excluding carboxylic acids is 1. The number of amides is 1. The smallest absolute Gasteiger partial charge is 0.220 e. The molecule has 268 valence electrons. The molecule has 0 aromatic heterocycles. The lowest BCUT2D eigenvalue weighted by Crippen LogP contribution is -2.45. The van der Waals surface area contributed by atoms with Gasteiger partial charge in [-0.2, -0.15) is 0 Å². The average Bonchev–Trinajstić information content (AvgIpc) is 3.04. The summed E-state index contributed by atoms with van der Waals surface area (Å²) >= 11 is 0. The second-order valence-electron chi connectivity index (χ2n) is 14.1. The lowest BCUT2D eigenvalue weighted by molar-refractivity contribution is -0.123. The minimum absolute atomic E-state index is 0.0626. The highest BCUT2D eigenvalue weighted by Gasteiger charge is 2.17. The summed E-state index contributed by atoms with van der Waals surface area (Å²) in [7, 11) is 0. The molecular formula is C41H81NO3. The molecule has 1 amide bonds. The zero-order valence-electron chi connectivity index (χ0n) is 30.7. The third-order valence-electron chi connectivity index (χ3n) is 9.52. The number of nitrogens with one attached hydrogen (secondary N) is 1. The molecule has 0 aliphatic rings. The van der Waals surface area contributed by atoms with Crippen LogP contribution in [0.25, 0.3) is 0 Å². The molecule has 0 bridgehead atoms. The minimum atomic E-state index is -0.831. The van der Waals surface area contributed by atoms with Gasteiger partial charge in [0.15, 0.2) is 0 Å². The maximum atomic E-state index is 12.3. The highest BCUT2D eigenvalue weighted by molar-refractivity contribution is 5.76. The van der Waals surface area contributed by atoms with Crippen LogP contribution in [-0.4, -0.2) is 34.9 Å². The van der Waals surface area contributed by atoms with Crippen LogP contribution in [0.4, 0.5) is 0 Å². The molecule has 4 nitrogen and oxygen atoms in total. The summed E-state index contributed by atoms with van der Waals surface area (Å²) in [5.74, 6) is -0.0626. The highest BCUT2D eigenvalue weighted by atomic mass is 16.3. The van der Waals surface area contributed by atoms with Gasteiger partial charge in [0.25, 0.3) is 0 Å². The van der Waals surface area contributed by atoms with Crippen LogP contribution < -0.4 is 5.32 Å². The standard InChI is InChI=1S/C41H81NO3/c1-3-5-7-9-11-13-14-15-16-17-18-19-20-21-22-23-24-25-26-27-29-31-33-35-37-41(45)42-39(38-43)40(44)36-34-32-30-28-12-10-8-6-4-2/h34,36,39-40,43-44H,3-33,35,37-38H2,1-2H3,(H,42,45)/b36-34+/t39-,40+/m0/s1. The first-order valence-corrected chi connectivity index (χ1v) is 20.4. The monoisotopic (exact) mass is 636 g/mol. The number of aliphatic hydroxyl groups is 2. The van der Waals surface area contributed by atoms with Crippen molar-refractivity contribution in [2.45, 2.75) is 238 Å². The number of hydrogen-bond donors (Lipinski definition) is 3. The summed E-state index contributed by atoms with van der Waals surface area (Å²) in [5, 5.41) is 22.8. The molecule has 0 heterocycles. The van der Waals surface area contributed by atoms with Crippen LogP contribution in [-0.2, 0) is 4.79 Å². The van der Waals surface area contributed by atoms with E-state index in [9.17, 15) is 15.0 Å². The first kappa shape index (κ1) is 44.1. The number of unbranched alkanes of at least 4 members (excludes halogenated alkanes) is 30. The number of rotatable bonds is 37. The van der Waals surface area contributed by atoms with Crippen LogP contribution >= 0.6 is 0 Å². The normalized spacial score (nSPS) is 13.1. The molecule has 2 atom stereocenters. The van der Waals surface area contributed by atoms with E-state index in [4.69, 9.17) is 0 Å². The molecule has 0 aromatic rings. The van der Waals surface area contributed by atoms with Gasteiger partial charge in [0.2, 0.25) is 5.91 Å². The number of aliphatic hydroxyl groups excluding tert-OH is 2. The fourth-order valence-electron chi connectivity index (χ4n) is 6.35. The van der Waals surface area contributed by atoms with Gasteiger partial charge in [0.05, 0.1) is 18.8 Å². The zero-order chi connectivity index (χ0) is 32.9. The summed E-state index contributed by atoms with van der Waals surface area (Å²) in [6.07, 6.45) is 46.1. The van der Waals surface area contributed by atoms with Gasteiger partial charge in [-0.05, 0) is 19.3 Å². The molecule has 0 spiro atoms. The Bertz CT molecular complexity index is 608. The first-order valence-electron chi connectivity index (χ1n) is 20.4. The number of hydrogen-bond acceptors (Lipinski definition) is 3. The van der Waals surface area contributed by atoms with Crippen molar-refractivity contribution in [3.63, 3.8) is 0 Å². The van der Waals surface area contributed by atoms with Crippen LogP contribution in [0.15, 0.2) is 12.2 Å². The van der Waals surface area contributed by atoms with Gasteiger partial charge in [-0.1, -0.05) is 212 Å². The van der Waals surface area contributed by atoms with Crippen molar-refractivity contribution in [1.29, 1.82) is 0 Å². The van der Waals surface area contributed by atoms with E-state index in [0.717, 1.165) is 25.7 Å². The molecule has 0 fully saturated rings. The Morgan fingerprint density at radius 1 is 0.511 bits per heavy atom. The Balaban J connectivity index is 3.44. The molecule has 45 heavy (non-hydrogen) atoms. The average molecular weight is 636 g/mol. The van der Waals surface area contributed by atoms with Crippen molar-refractivity contribution in [2.75, 3.05) is 6.61 Å². The van der Waals surface area contributed by atoms with E-state index < -0.39 is 12.1 Å². The third-order valence-corrected chi connectivity index (χ3v) is 9.52. The molecular weight excluding hydrogens is 554 g/mol. The van der Waals surface area contributed by atoms with Gasteiger partial charge in [0.1, 0.15) is 0 Å². The maximum absolute atomic E-state index is 12.3. The molecule has 0 aliphatic carbocycles. The second kappa shape index (κ2) is 37.6. The van der Waals surface area contributed by atoms with Gasteiger partial charge in [-0.3, -0.25) is 4.79 Å². The van der Waals surface area contributed by atoms with Crippen molar-refractivity contribution in [2.24, 2.45) is 0 Å². The van der Waals surface area contributed by atoms with E-state index in [-0.39, 0.29) is 12.5 Å². The van der Waals surface area contributed by atoms with Gasteiger partial charge >= 0.3 is 0 Å². The molecule has 0 aromatic carbocycles. The summed E-state index contributed by atoms with van der Waals surface area (Å²) in [6, 6.07) is -0.614. The van der Waals surface area contributed by atoms with Crippen molar-refractivity contribution >= 4 is 5.91 Å². The van der Waals surface area contributed by atoms with Crippen molar-refractivity contribution in [3.05, 3.63) is 12.2 Å². The molecule has 0 unspecified atom stereocenters. The van der Waals surface area contributed by atoms with Crippen LogP contribution in [0.2, 0.25) is 0 Å². The summed E-state index contributed by atoms with van der Waals surface area (Å²) in [4.78, 5) is 12.3. The van der Waals surface area contributed by atoms with E-state index >= 15 is 0 Å². The lowest BCUT2D eigenvalue weighted by atomic mass is 10.0. The summed E-state index contributed by atoms with van der Waals surface area (Å²) in [5.41, 5.74) is 0. The van der Waals surface area contributed by atoms with Crippen LogP contribution in [0.3, 0.4) is 0 Å². The highest BCUT2D eigenvalue weighted by Crippen LogP contribution is 2.16. The second-order valence-corrected chi connectivity index (χ2v) is 14.1. The number of allylic oxidation sites excluding steroid dienone is 1. The fraction of sp³-hybridized carbons (Fsp3) is 0.927. The minimum Gasteiger partial charge on any atom is -0.394 e. The van der Waals surface area contributed by atoms with Crippen molar-refractivity contribution in [3.8, 4) is 0 Å². The quantitative estimate of drug-likeness (QED) is 0.0470. The van der Waals surface area contributed by atoms with Gasteiger partial charge in [0, 0.05) is 6.42 Å².